The number of amides is 1. The number of likely N-dealkylation sites (tertiary alicyclic amines) is 1. The van der Waals surface area contributed by atoms with E-state index in [1.54, 1.807) is 0 Å². The van der Waals surface area contributed by atoms with Gasteiger partial charge in [0.05, 0.1) is 0 Å². The fourth-order valence-corrected chi connectivity index (χ4v) is 1.87. The van der Waals surface area contributed by atoms with Crippen LogP contribution in [-0.4, -0.2) is 29.9 Å². The zero-order valence-electron chi connectivity index (χ0n) is 10.3. The maximum absolute atomic E-state index is 11.8. The predicted molar refractivity (Wildman–Crippen MR) is 62.5 cm³/mol. The molecule has 0 bridgehead atoms. The number of hydrogen-bond donors (Lipinski definition) is 1. The van der Waals surface area contributed by atoms with Crippen LogP contribution in [0.5, 0.6) is 0 Å². The Balaban J connectivity index is 2.30. The smallest absolute Gasteiger partial charge is 0.222 e. The van der Waals surface area contributed by atoms with Crippen LogP contribution >= 0.6 is 0 Å². The molecule has 1 saturated heterocycles. The van der Waals surface area contributed by atoms with Gasteiger partial charge in [-0.15, -0.1) is 0 Å². The number of hydrogen-bond acceptors (Lipinski definition) is 2. The summed E-state index contributed by atoms with van der Waals surface area (Å²) in [5.41, 5.74) is 6.06. The molecule has 0 aromatic heterocycles. The van der Waals surface area contributed by atoms with E-state index in [4.69, 9.17) is 5.73 Å². The molecule has 1 atom stereocenters. The van der Waals surface area contributed by atoms with E-state index in [1.807, 2.05) is 11.8 Å². The van der Waals surface area contributed by atoms with E-state index in [1.165, 1.54) is 0 Å². The molecule has 3 nitrogen and oxygen atoms in total. The van der Waals surface area contributed by atoms with Crippen LogP contribution in [0.1, 0.15) is 46.5 Å². The highest BCUT2D eigenvalue weighted by atomic mass is 16.2. The van der Waals surface area contributed by atoms with Crippen LogP contribution in [0.25, 0.3) is 0 Å². The summed E-state index contributed by atoms with van der Waals surface area (Å²) in [6, 6.07) is 0.134. The average molecular weight is 212 g/mol. The summed E-state index contributed by atoms with van der Waals surface area (Å²) in [4.78, 5) is 13.8. The third-order valence-corrected chi connectivity index (χ3v) is 3.28. The Hall–Kier alpha value is -0.570. The van der Waals surface area contributed by atoms with Crippen LogP contribution in [0.4, 0.5) is 0 Å². The van der Waals surface area contributed by atoms with Crippen molar-refractivity contribution in [3.05, 3.63) is 0 Å². The maximum Gasteiger partial charge on any atom is 0.222 e. The summed E-state index contributed by atoms with van der Waals surface area (Å²) in [7, 11) is 0. The standard InChI is InChI=1S/C12H24N2O/c1-10(13)4-5-11(15)14-8-6-12(2,3)7-9-14/h10H,4-9,13H2,1-3H3. The van der Waals surface area contributed by atoms with E-state index in [0.717, 1.165) is 32.4 Å². The highest BCUT2D eigenvalue weighted by Crippen LogP contribution is 2.29. The minimum Gasteiger partial charge on any atom is -0.343 e. The van der Waals surface area contributed by atoms with Crippen molar-refractivity contribution in [2.24, 2.45) is 11.1 Å². The molecule has 88 valence electrons. The lowest BCUT2D eigenvalue weighted by Gasteiger charge is -2.37. The van der Waals surface area contributed by atoms with E-state index < -0.39 is 0 Å². The molecule has 0 radical (unpaired) electrons. The Morgan fingerprint density at radius 1 is 1.40 bits per heavy atom. The lowest BCUT2D eigenvalue weighted by Crippen LogP contribution is -2.41. The fourth-order valence-electron chi connectivity index (χ4n) is 1.87. The summed E-state index contributed by atoms with van der Waals surface area (Å²) < 4.78 is 0. The molecular formula is C12H24N2O. The number of rotatable bonds is 3. The van der Waals surface area contributed by atoms with E-state index >= 15 is 0 Å². The number of carbonyl (C=O) groups excluding carboxylic acids is 1. The molecule has 0 spiro atoms. The first-order valence-corrected chi connectivity index (χ1v) is 5.94. The van der Waals surface area contributed by atoms with Crippen LogP contribution in [0.15, 0.2) is 0 Å². The molecule has 1 rings (SSSR count). The summed E-state index contributed by atoms with van der Waals surface area (Å²) in [5.74, 6) is 0.280. The number of piperidine rings is 1. The Morgan fingerprint density at radius 2 is 1.93 bits per heavy atom. The third-order valence-electron chi connectivity index (χ3n) is 3.28. The van der Waals surface area contributed by atoms with Crippen molar-refractivity contribution in [3.63, 3.8) is 0 Å². The van der Waals surface area contributed by atoms with Crippen molar-refractivity contribution in [3.8, 4) is 0 Å². The van der Waals surface area contributed by atoms with Crippen molar-refractivity contribution in [2.75, 3.05) is 13.1 Å². The molecule has 0 aliphatic carbocycles. The quantitative estimate of drug-likeness (QED) is 0.775. The molecule has 3 heteroatoms. The van der Waals surface area contributed by atoms with Gasteiger partial charge in [0.15, 0.2) is 0 Å². The van der Waals surface area contributed by atoms with Crippen LogP contribution < -0.4 is 5.73 Å². The fraction of sp³-hybridized carbons (Fsp3) is 0.917. The SMILES string of the molecule is CC(N)CCC(=O)N1CCC(C)(C)CC1. The zero-order valence-corrected chi connectivity index (χ0v) is 10.3. The van der Waals surface area contributed by atoms with Gasteiger partial charge >= 0.3 is 0 Å². The van der Waals surface area contributed by atoms with Crippen molar-refractivity contribution in [1.29, 1.82) is 0 Å². The van der Waals surface area contributed by atoms with Gasteiger partial charge in [-0.05, 0) is 31.6 Å². The van der Waals surface area contributed by atoms with E-state index in [9.17, 15) is 4.79 Å². The molecule has 1 unspecified atom stereocenters. The van der Waals surface area contributed by atoms with Gasteiger partial charge in [0.1, 0.15) is 0 Å². The van der Waals surface area contributed by atoms with E-state index in [-0.39, 0.29) is 11.9 Å². The highest BCUT2D eigenvalue weighted by Gasteiger charge is 2.27. The lowest BCUT2D eigenvalue weighted by atomic mass is 9.82. The molecule has 0 aromatic carbocycles. The predicted octanol–water partition coefficient (Wildman–Crippen LogP) is 1.76. The van der Waals surface area contributed by atoms with Crippen molar-refractivity contribution in [1.82, 2.24) is 4.90 Å². The van der Waals surface area contributed by atoms with Crippen LogP contribution in [-0.2, 0) is 4.79 Å². The third kappa shape index (κ3) is 4.20. The Kier molecular flexibility index (Phi) is 4.14. The second-order valence-electron chi connectivity index (χ2n) is 5.56. The minimum absolute atomic E-state index is 0.134. The molecule has 0 aromatic rings. The molecule has 1 aliphatic heterocycles. The van der Waals surface area contributed by atoms with Crippen LogP contribution in [0, 0.1) is 5.41 Å². The maximum atomic E-state index is 11.8. The second kappa shape index (κ2) is 4.97. The van der Waals surface area contributed by atoms with Crippen LogP contribution in [0.3, 0.4) is 0 Å². The highest BCUT2D eigenvalue weighted by molar-refractivity contribution is 5.76. The zero-order chi connectivity index (χ0) is 11.5. The van der Waals surface area contributed by atoms with Gasteiger partial charge < -0.3 is 10.6 Å². The first-order chi connectivity index (χ1) is 6.91. The monoisotopic (exact) mass is 212 g/mol. The summed E-state index contributed by atoms with van der Waals surface area (Å²) in [6.07, 6.45) is 3.66. The van der Waals surface area contributed by atoms with E-state index in [0.29, 0.717) is 11.8 Å². The Morgan fingerprint density at radius 3 is 2.40 bits per heavy atom. The lowest BCUT2D eigenvalue weighted by molar-refractivity contribution is -0.133. The Labute approximate surface area is 93.0 Å². The van der Waals surface area contributed by atoms with Gasteiger partial charge in [0, 0.05) is 25.6 Å². The van der Waals surface area contributed by atoms with Crippen molar-refractivity contribution in [2.45, 2.75) is 52.5 Å². The van der Waals surface area contributed by atoms with Crippen molar-refractivity contribution >= 4 is 5.91 Å². The number of nitrogens with zero attached hydrogens (tertiary/aromatic N) is 1. The minimum atomic E-state index is 0.134. The molecule has 15 heavy (non-hydrogen) atoms. The van der Waals surface area contributed by atoms with Gasteiger partial charge in [-0.25, -0.2) is 0 Å². The number of carbonyl (C=O) groups is 1. The Bertz CT molecular complexity index is 214. The van der Waals surface area contributed by atoms with Gasteiger partial charge in [0.25, 0.3) is 0 Å². The van der Waals surface area contributed by atoms with Crippen LogP contribution in [0.2, 0.25) is 0 Å². The molecular weight excluding hydrogens is 188 g/mol. The molecule has 1 heterocycles. The normalized spacial score (nSPS) is 22.5. The largest absolute Gasteiger partial charge is 0.343 e. The summed E-state index contributed by atoms with van der Waals surface area (Å²) in [6.45, 7) is 8.34. The van der Waals surface area contributed by atoms with Gasteiger partial charge in [-0.2, -0.15) is 0 Å². The first kappa shape index (κ1) is 12.5. The molecule has 1 fully saturated rings. The average Bonchev–Trinajstić information content (AvgIpc) is 2.14. The molecule has 1 amide bonds. The second-order valence-corrected chi connectivity index (χ2v) is 5.56. The summed E-state index contributed by atoms with van der Waals surface area (Å²) in [5, 5.41) is 0. The van der Waals surface area contributed by atoms with Gasteiger partial charge in [-0.1, -0.05) is 13.8 Å². The topological polar surface area (TPSA) is 46.3 Å². The summed E-state index contributed by atoms with van der Waals surface area (Å²) >= 11 is 0. The molecule has 2 N–H and O–H groups in total. The molecule has 0 saturated carbocycles. The van der Waals surface area contributed by atoms with Gasteiger partial charge in [0.2, 0.25) is 5.91 Å². The molecule has 1 aliphatic rings. The van der Waals surface area contributed by atoms with Gasteiger partial charge in [-0.3, -0.25) is 4.79 Å². The van der Waals surface area contributed by atoms with E-state index in [2.05, 4.69) is 13.8 Å². The first-order valence-electron chi connectivity index (χ1n) is 5.94. The van der Waals surface area contributed by atoms with Crippen molar-refractivity contribution < 1.29 is 4.79 Å². The number of nitrogens with two attached hydrogens (primary N) is 1.